The van der Waals surface area contributed by atoms with Crippen LogP contribution < -0.4 is 11.5 Å². The normalized spacial score (nSPS) is 10.4. The van der Waals surface area contributed by atoms with Crippen LogP contribution in [0.1, 0.15) is 17.5 Å². The maximum atomic E-state index is 5.91. The first-order valence-corrected chi connectivity index (χ1v) is 5.94. The van der Waals surface area contributed by atoms with Gasteiger partial charge in [0, 0.05) is 11.4 Å². The average molecular weight is 226 g/mol. The molecule has 0 heterocycles. The Morgan fingerprint density at radius 2 is 1.06 bits per heavy atom. The monoisotopic (exact) mass is 226 g/mol. The van der Waals surface area contributed by atoms with Gasteiger partial charge >= 0.3 is 0 Å². The smallest absolute Gasteiger partial charge is 0.0346 e. The molecule has 0 aromatic heterocycles. The molecule has 4 N–H and O–H groups in total. The number of para-hydroxylation sites is 2. The third-order valence-electron chi connectivity index (χ3n) is 3.00. The van der Waals surface area contributed by atoms with Gasteiger partial charge in [-0.1, -0.05) is 36.4 Å². The van der Waals surface area contributed by atoms with Crippen LogP contribution in [-0.4, -0.2) is 0 Å². The summed E-state index contributed by atoms with van der Waals surface area (Å²) in [5.41, 5.74) is 16.0. The highest BCUT2D eigenvalue weighted by Crippen LogP contribution is 2.17. The molecule has 0 saturated carbocycles. The van der Waals surface area contributed by atoms with E-state index >= 15 is 0 Å². The van der Waals surface area contributed by atoms with Gasteiger partial charge in [-0.2, -0.15) is 0 Å². The molecular weight excluding hydrogens is 208 g/mol. The van der Waals surface area contributed by atoms with Crippen molar-refractivity contribution < 1.29 is 0 Å². The molecule has 0 atom stereocenters. The second-order valence-electron chi connectivity index (χ2n) is 4.25. The Hall–Kier alpha value is -1.96. The Morgan fingerprint density at radius 3 is 1.47 bits per heavy atom. The van der Waals surface area contributed by atoms with Crippen LogP contribution in [0.15, 0.2) is 48.5 Å². The highest BCUT2D eigenvalue weighted by molar-refractivity contribution is 5.47. The molecule has 2 rings (SSSR count). The van der Waals surface area contributed by atoms with Gasteiger partial charge in [-0.25, -0.2) is 0 Å². The zero-order valence-corrected chi connectivity index (χ0v) is 9.89. The number of hydrogen-bond acceptors (Lipinski definition) is 2. The standard InChI is InChI=1S/C15H18N2/c16-14-10-3-1-6-12(14)8-5-9-13-7-2-4-11-15(13)17/h1-4,6-7,10-11H,5,8-9,16-17H2. The molecule has 0 spiro atoms. The maximum absolute atomic E-state index is 5.91. The molecule has 0 bridgehead atoms. The van der Waals surface area contributed by atoms with Crippen LogP contribution >= 0.6 is 0 Å². The van der Waals surface area contributed by atoms with Crippen LogP contribution in [0.5, 0.6) is 0 Å². The van der Waals surface area contributed by atoms with Crippen molar-refractivity contribution in [2.45, 2.75) is 19.3 Å². The second-order valence-corrected chi connectivity index (χ2v) is 4.25. The van der Waals surface area contributed by atoms with Crippen LogP contribution in [-0.2, 0) is 12.8 Å². The third kappa shape index (κ3) is 3.00. The van der Waals surface area contributed by atoms with Gasteiger partial charge in [0.1, 0.15) is 0 Å². The summed E-state index contributed by atoms with van der Waals surface area (Å²) in [6.45, 7) is 0. The molecule has 17 heavy (non-hydrogen) atoms. The predicted octanol–water partition coefficient (Wildman–Crippen LogP) is 3.03. The zero-order valence-electron chi connectivity index (χ0n) is 9.89. The molecule has 0 unspecified atom stereocenters. The van der Waals surface area contributed by atoms with E-state index in [2.05, 4.69) is 12.1 Å². The van der Waals surface area contributed by atoms with Crippen LogP contribution in [0.25, 0.3) is 0 Å². The van der Waals surface area contributed by atoms with Gasteiger partial charge in [0.15, 0.2) is 0 Å². The Morgan fingerprint density at radius 1 is 0.647 bits per heavy atom. The molecule has 0 fully saturated rings. The molecular formula is C15H18N2. The summed E-state index contributed by atoms with van der Waals surface area (Å²) in [4.78, 5) is 0. The number of rotatable bonds is 4. The minimum atomic E-state index is 0.883. The van der Waals surface area contributed by atoms with Gasteiger partial charge in [0.2, 0.25) is 0 Å². The molecule has 2 nitrogen and oxygen atoms in total. The largest absolute Gasteiger partial charge is 0.399 e. The highest BCUT2D eigenvalue weighted by Gasteiger charge is 2.00. The minimum absolute atomic E-state index is 0.883. The fourth-order valence-corrected chi connectivity index (χ4v) is 1.99. The van der Waals surface area contributed by atoms with E-state index in [1.54, 1.807) is 0 Å². The second kappa shape index (κ2) is 5.39. The molecule has 0 aliphatic carbocycles. The van der Waals surface area contributed by atoms with Crippen molar-refractivity contribution in [3.63, 3.8) is 0 Å². The predicted molar refractivity (Wildman–Crippen MR) is 73.7 cm³/mol. The van der Waals surface area contributed by atoms with Gasteiger partial charge < -0.3 is 11.5 Å². The number of hydrogen-bond donors (Lipinski definition) is 2. The van der Waals surface area contributed by atoms with E-state index in [0.717, 1.165) is 30.6 Å². The van der Waals surface area contributed by atoms with E-state index in [1.165, 1.54) is 11.1 Å². The molecule has 0 saturated heterocycles. The Kier molecular flexibility index (Phi) is 3.66. The molecule has 2 aromatic carbocycles. The van der Waals surface area contributed by atoms with E-state index < -0.39 is 0 Å². The van der Waals surface area contributed by atoms with Crippen molar-refractivity contribution in [1.29, 1.82) is 0 Å². The van der Waals surface area contributed by atoms with Crippen molar-refractivity contribution in [2.75, 3.05) is 11.5 Å². The van der Waals surface area contributed by atoms with Crippen molar-refractivity contribution in [2.24, 2.45) is 0 Å². The first-order valence-electron chi connectivity index (χ1n) is 5.94. The van der Waals surface area contributed by atoms with Gasteiger partial charge in [0.25, 0.3) is 0 Å². The first-order chi connectivity index (χ1) is 8.27. The third-order valence-corrected chi connectivity index (χ3v) is 3.00. The Balaban J connectivity index is 1.93. The van der Waals surface area contributed by atoms with Crippen LogP contribution in [0, 0.1) is 0 Å². The summed E-state index contributed by atoms with van der Waals surface area (Å²) in [5.74, 6) is 0. The van der Waals surface area contributed by atoms with Gasteiger partial charge in [-0.15, -0.1) is 0 Å². The summed E-state index contributed by atoms with van der Waals surface area (Å²) in [6.07, 6.45) is 3.07. The summed E-state index contributed by atoms with van der Waals surface area (Å²) in [5, 5.41) is 0. The lowest BCUT2D eigenvalue weighted by molar-refractivity contribution is 0.824. The molecule has 2 heteroatoms. The van der Waals surface area contributed by atoms with Crippen molar-refractivity contribution in [3.8, 4) is 0 Å². The average Bonchev–Trinajstić information content (AvgIpc) is 2.34. The lowest BCUT2D eigenvalue weighted by Crippen LogP contribution is -1.97. The zero-order chi connectivity index (χ0) is 12.1. The van der Waals surface area contributed by atoms with Crippen LogP contribution in [0.3, 0.4) is 0 Å². The number of benzene rings is 2. The van der Waals surface area contributed by atoms with Crippen LogP contribution in [0.4, 0.5) is 11.4 Å². The number of nitrogen functional groups attached to an aromatic ring is 2. The van der Waals surface area contributed by atoms with E-state index in [0.29, 0.717) is 0 Å². The van der Waals surface area contributed by atoms with Gasteiger partial charge in [0.05, 0.1) is 0 Å². The molecule has 88 valence electrons. The topological polar surface area (TPSA) is 52.0 Å². The SMILES string of the molecule is Nc1ccccc1CCCc1ccccc1N. The quantitative estimate of drug-likeness (QED) is 0.787. The Bertz CT molecular complexity index is 446. The maximum Gasteiger partial charge on any atom is 0.0346 e. The van der Waals surface area contributed by atoms with E-state index in [9.17, 15) is 0 Å². The van der Waals surface area contributed by atoms with E-state index in [-0.39, 0.29) is 0 Å². The molecule has 0 aliphatic rings. The molecule has 0 radical (unpaired) electrons. The summed E-state index contributed by atoms with van der Waals surface area (Å²) >= 11 is 0. The number of anilines is 2. The van der Waals surface area contributed by atoms with Gasteiger partial charge in [-0.05, 0) is 42.5 Å². The minimum Gasteiger partial charge on any atom is -0.399 e. The van der Waals surface area contributed by atoms with Crippen molar-refractivity contribution in [3.05, 3.63) is 59.7 Å². The highest BCUT2D eigenvalue weighted by atomic mass is 14.6. The molecule has 0 amide bonds. The van der Waals surface area contributed by atoms with E-state index in [4.69, 9.17) is 11.5 Å². The van der Waals surface area contributed by atoms with E-state index in [1.807, 2.05) is 36.4 Å². The number of aryl methyl sites for hydroxylation is 2. The fraction of sp³-hybridized carbons (Fsp3) is 0.200. The summed E-state index contributed by atoms with van der Waals surface area (Å²) < 4.78 is 0. The molecule has 2 aromatic rings. The Labute approximate surface area is 102 Å². The van der Waals surface area contributed by atoms with Crippen LogP contribution in [0.2, 0.25) is 0 Å². The lowest BCUT2D eigenvalue weighted by atomic mass is 10.0. The fourth-order valence-electron chi connectivity index (χ4n) is 1.99. The summed E-state index contributed by atoms with van der Waals surface area (Å²) in [6, 6.07) is 16.1. The van der Waals surface area contributed by atoms with Crippen molar-refractivity contribution in [1.82, 2.24) is 0 Å². The van der Waals surface area contributed by atoms with Gasteiger partial charge in [-0.3, -0.25) is 0 Å². The van der Waals surface area contributed by atoms with Crippen molar-refractivity contribution >= 4 is 11.4 Å². The first kappa shape index (κ1) is 11.5. The lowest BCUT2D eigenvalue weighted by Gasteiger charge is -2.07. The summed E-state index contributed by atoms with van der Waals surface area (Å²) in [7, 11) is 0. The molecule has 0 aliphatic heterocycles. The number of nitrogens with two attached hydrogens (primary N) is 2.